The zero-order valence-corrected chi connectivity index (χ0v) is 12.7. The van der Waals surface area contributed by atoms with Crippen LogP contribution in [0, 0.1) is 0 Å². The standard InChI is InChI=1S/C15H20N4O2/c1-18(2)14-8-15(17-10-16-14)19(3)9-11-5-6-13(21-4)12(20)7-11/h5-8,10,20H,9H2,1-4H3. The van der Waals surface area contributed by atoms with Crippen LogP contribution in [0.5, 0.6) is 11.5 Å². The van der Waals surface area contributed by atoms with E-state index in [1.807, 2.05) is 43.1 Å². The topological polar surface area (TPSA) is 61.7 Å². The number of benzene rings is 1. The molecule has 1 aromatic heterocycles. The quantitative estimate of drug-likeness (QED) is 0.906. The van der Waals surface area contributed by atoms with Crippen LogP contribution in [0.1, 0.15) is 5.56 Å². The van der Waals surface area contributed by atoms with Crippen molar-refractivity contribution in [1.29, 1.82) is 0 Å². The van der Waals surface area contributed by atoms with Crippen molar-refractivity contribution in [3.05, 3.63) is 36.2 Å². The van der Waals surface area contributed by atoms with Crippen molar-refractivity contribution in [3.8, 4) is 11.5 Å². The van der Waals surface area contributed by atoms with Crippen LogP contribution in [0.25, 0.3) is 0 Å². The van der Waals surface area contributed by atoms with Crippen LogP contribution < -0.4 is 14.5 Å². The highest BCUT2D eigenvalue weighted by atomic mass is 16.5. The molecule has 0 unspecified atom stereocenters. The summed E-state index contributed by atoms with van der Waals surface area (Å²) in [6.07, 6.45) is 1.55. The van der Waals surface area contributed by atoms with E-state index >= 15 is 0 Å². The fourth-order valence-corrected chi connectivity index (χ4v) is 1.98. The molecule has 0 aliphatic carbocycles. The molecule has 0 radical (unpaired) electrons. The highest BCUT2D eigenvalue weighted by molar-refractivity contribution is 5.50. The van der Waals surface area contributed by atoms with E-state index in [0.29, 0.717) is 12.3 Å². The van der Waals surface area contributed by atoms with E-state index in [2.05, 4.69) is 9.97 Å². The maximum atomic E-state index is 9.82. The predicted octanol–water partition coefficient (Wildman–Crippen LogP) is 1.89. The minimum Gasteiger partial charge on any atom is -0.504 e. The molecule has 6 heteroatoms. The number of nitrogens with zero attached hydrogens (tertiary/aromatic N) is 4. The monoisotopic (exact) mass is 288 g/mol. The summed E-state index contributed by atoms with van der Waals surface area (Å²) in [5.41, 5.74) is 0.973. The van der Waals surface area contributed by atoms with E-state index in [4.69, 9.17) is 4.74 Å². The number of rotatable bonds is 5. The average molecular weight is 288 g/mol. The molecule has 0 aliphatic rings. The van der Waals surface area contributed by atoms with Gasteiger partial charge in [0.25, 0.3) is 0 Å². The van der Waals surface area contributed by atoms with Crippen molar-refractivity contribution in [2.45, 2.75) is 6.54 Å². The summed E-state index contributed by atoms with van der Waals surface area (Å²) >= 11 is 0. The number of hydrogen-bond donors (Lipinski definition) is 1. The van der Waals surface area contributed by atoms with Gasteiger partial charge in [-0.25, -0.2) is 9.97 Å². The molecular weight excluding hydrogens is 268 g/mol. The normalized spacial score (nSPS) is 10.3. The van der Waals surface area contributed by atoms with Gasteiger partial charge in [-0.15, -0.1) is 0 Å². The Morgan fingerprint density at radius 3 is 2.43 bits per heavy atom. The zero-order chi connectivity index (χ0) is 15.4. The number of methoxy groups -OCH3 is 1. The third-order valence-electron chi connectivity index (χ3n) is 3.15. The molecule has 1 heterocycles. The van der Waals surface area contributed by atoms with Gasteiger partial charge in [0, 0.05) is 33.8 Å². The van der Waals surface area contributed by atoms with E-state index in [1.54, 1.807) is 18.5 Å². The number of hydrogen-bond acceptors (Lipinski definition) is 6. The number of phenolic OH excluding ortho intramolecular Hbond substituents is 1. The average Bonchev–Trinajstić information content (AvgIpc) is 2.47. The lowest BCUT2D eigenvalue weighted by atomic mass is 10.2. The molecule has 0 spiro atoms. The van der Waals surface area contributed by atoms with E-state index in [1.165, 1.54) is 7.11 Å². The molecule has 1 aromatic carbocycles. The van der Waals surface area contributed by atoms with Gasteiger partial charge >= 0.3 is 0 Å². The van der Waals surface area contributed by atoms with Gasteiger partial charge in [0.05, 0.1) is 7.11 Å². The molecular formula is C15H20N4O2. The van der Waals surface area contributed by atoms with E-state index in [0.717, 1.165) is 17.2 Å². The Balaban J connectivity index is 2.15. The van der Waals surface area contributed by atoms with Crippen LogP contribution in [0.15, 0.2) is 30.6 Å². The van der Waals surface area contributed by atoms with Crippen LogP contribution in [0.2, 0.25) is 0 Å². The largest absolute Gasteiger partial charge is 0.504 e. The minimum absolute atomic E-state index is 0.139. The van der Waals surface area contributed by atoms with Gasteiger partial charge in [-0.3, -0.25) is 0 Å². The maximum Gasteiger partial charge on any atom is 0.160 e. The van der Waals surface area contributed by atoms with E-state index in [-0.39, 0.29) is 5.75 Å². The first-order valence-electron chi connectivity index (χ1n) is 6.57. The Morgan fingerprint density at radius 1 is 1.10 bits per heavy atom. The highest BCUT2D eigenvalue weighted by Crippen LogP contribution is 2.27. The molecule has 2 aromatic rings. The summed E-state index contributed by atoms with van der Waals surface area (Å²) in [7, 11) is 7.36. The van der Waals surface area contributed by atoms with E-state index in [9.17, 15) is 5.11 Å². The van der Waals surface area contributed by atoms with E-state index < -0.39 is 0 Å². The molecule has 21 heavy (non-hydrogen) atoms. The van der Waals surface area contributed by atoms with Gasteiger partial charge in [0.2, 0.25) is 0 Å². The summed E-state index contributed by atoms with van der Waals surface area (Å²) in [6.45, 7) is 0.626. The summed E-state index contributed by atoms with van der Waals surface area (Å²) < 4.78 is 5.04. The molecule has 6 nitrogen and oxygen atoms in total. The molecule has 0 saturated heterocycles. The lowest BCUT2D eigenvalue weighted by Gasteiger charge is -2.20. The molecule has 0 bridgehead atoms. The van der Waals surface area contributed by atoms with Crippen molar-refractivity contribution < 1.29 is 9.84 Å². The van der Waals surface area contributed by atoms with Gasteiger partial charge in [0.15, 0.2) is 11.5 Å². The number of aromatic nitrogens is 2. The lowest BCUT2D eigenvalue weighted by Crippen LogP contribution is -2.19. The van der Waals surface area contributed by atoms with Crippen molar-refractivity contribution in [2.24, 2.45) is 0 Å². The first-order valence-corrected chi connectivity index (χ1v) is 6.57. The second-order valence-corrected chi connectivity index (χ2v) is 4.99. The van der Waals surface area contributed by atoms with Crippen molar-refractivity contribution in [3.63, 3.8) is 0 Å². The molecule has 0 aliphatic heterocycles. The Hall–Kier alpha value is -2.50. The van der Waals surface area contributed by atoms with Crippen molar-refractivity contribution in [2.75, 3.05) is 38.1 Å². The summed E-state index contributed by atoms with van der Waals surface area (Å²) in [4.78, 5) is 12.4. The van der Waals surface area contributed by atoms with Gasteiger partial charge in [-0.05, 0) is 17.7 Å². The van der Waals surface area contributed by atoms with Gasteiger partial charge < -0.3 is 19.6 Å². The van der Waals surface area contributed by atoms with Crippen LogP contribution in [0.4, 0.5) is 11.6 Å². The van der Waals surface area contributed by atoms with Gasteiger partial charge in [0.1, 0.15) is 18.0 Å². The fourth-order valence-electron chi connectivity index (χ4n) is 1.98. The van der Waals surface area contributed by atoms with Gasteiger partial charge in [-0.1, -0.05) is 6.07 Å². The van der Waals surface area contributed by atoms with Gasteiger partial charge in [-0.2, -0.15) is 0 Å². The number of anilines is 2. The number of ether oxygens (including phenoxy) is 1. The molecule has 0 atom stereocenters. The lowest BCUT2D eigenvalue weighted by molar-refractivity contribution is 0.373. The molecule has 112 valence electrons. The first-order chi connectivity index (χ1) is 10.0. The predicted molar refractivity (Wildman–Crippen MR) is 83.1 cm³/mol. The smallest absolute Gasteiger partial charge is 0.160 e. The minimum atomic E-state index is 0.139. The number of aromatic hydroxyl groups is 1. The Labute approximate surface area is 124 Å². The second kappa shape index (κ2) is 6.30. The summed E-state index contributed by atoms with van der Waals surface area (Å²) in [5, 5.41) is 9.82. The molecule has 0 amide bonds. The van der Waals surface area contributed by atoms with Crippen LogP contribution in [0.3, 0.4) is 0 Å². The fraction of sp³-hybridized carbons (Fsp3) is 0.333. The summed E-state index contributed by atoms with van der Waals surface area (Å²) in [5.74, 6) is 2.28. The SMILES string of the molecule is COc1ccc(CN(C)c2cc(N(C)C)ncn2)cc1O. The Bertz CT molecular complexity index is 616. The second-order valence-electron chi connectivity index (χ2n) is 4.99. The van der Waals surface area contributed by atoms with Crippen LogP contribution in [-0.4, -0.2) is 43.3 Å². The third kappa shape index (κ3) is 3.53. The molecule has 0 saturated carbocycles. The van der Waals surface area contributed by atoms with Crippen molar-refractivity contribution >= 4 is 11.6 Å². The van der Waals surface area contributed by atoms with Crippen molar-refractivity contribution in [1.82, 2.24) is 9.97 Å². The maximum absolute atomic E-state index is 9.82. The molecule has 1 N–H and O–H groups in total. The van der Waals surface area contributed by atoms with Crippen LogP contribution >= 0.6 is 0 Å². The Morgan fingerprint density at radius 2 is 1.81 bits per heavy atom. The molecule has 2 rings (SSSR count). The number of phenols is 1. The molecule has 0 fully saturated rings. The summed E-state index contributed by atoms with van der Waals surface area (Å²) in [6, 6.07) is 7.29. The highest BCUT2D eigenvalue weighted by Gasteiger charge is 2.08. The zero-order valence-electron chi connectivity index (χ0n) is 12.7. The third-order valence-corrected chi connectivity index (χ3v) is 3.15. The van der Waals surface area contributed by atoms with Crippen LogP contribution in [-0.2, 0) is 6.54 Å². The Kier molecular flexibility index (Phi) is 4.47. The first kappa shape index (κ1) is 14.9.